The summed E-state index contributed by atoms with van der Waals surface area (Å²) in [5.74, 6) is 0.0326. The highest BCUT2D eigenvalue weighted by Crippen LogP contribution is 2.33. The Morgan fingerprint density at radius 3 is 2.48 bits per heavy atom. The van der Waals surface area contributed by atoms with Crippen LogP contribution in [-0.2, 0) is 9.53 Å². The van der Waals surface area contributed by atoms with Gasteiger partial charge in [-0.3, -0.25) is 4.79 Å². The smallest absolute Gasteiger partial charge is 0.331 e. The van der Waals surface area contributed by atoms with Gasteiger partial charge in [-0.05, 0) is 66.3 Å². The van der Waals surface area contributed by atoms with Crippen LogP contribution in [0.2, 0.25) is 0 Å². The third kappa shape index (κ3) is 3.56. The summed E-state index contributed by atoms with van der Waals surface area (Å²) in [6.45, 7) is 2.17. The zero-order valence-electron chi connectivity index (χ0n) is 12.3. The number of rotatable bonds is 3. The maximum absolute atomic E-state index is 12.5. The Kier molecular flexibility index (Phi) is 5.24. The molecule has 0 aromatic heterocycles. The molecule has 1 aliphatic rings. The maximum Gasteiger partial charge on any atom is 0.331 e. The molecule has 5 heteroatoms. The molecule has 1 saturated carbocycles. The molecule has 1 aliphatic carbocycles. The first kappa shape index (κ1) is 16.3. The SMILES string of the molecule is COC(=O)C1(NC(=O)c2ccccc2I)CCC(C)CC1. The van der Waals surface area contributed by atoms with Gasteiger partial charge in [0.2, 0.25) is 0 Å². The highest BCUT2D eigenvalue weighted by atomic mass is 127. The minimum Gasteiger partial charge on any atom is -0.467 e. The minimum atomic E-state index is -0.878. The van der Waals surface area contributed by atoms with Crippen molar-refractivity contribution in [3.05, 3.63) is 33.4 Å². The minimum absolute atomic E-state index is 0.208. The van der Waals surface area contributed by atoms with Gasteiger partial charge < -0.3 is 10.1 Å². The van der Waals surface area contributed by atoms with Crippen molar-refractivity contribution in [1.82, 2.24) is 5.32 Å². The van der Waals surface area contributed by atoms with Gasteiger partial charge in [0.1, 0.15) is 5.54 Å². The molecule has 1 fully saturated rings. The first-order chi connectivity index (χ1) is 9.98. The van der Waals surface area contributed by atoms with Crippen LogP contribution in [0.4, 0.5) is 0 Å². The van der Waals surface area contributed by atoms with Crippen molar-refractivity contribution in [1.29, 1.82) is 0 Å². The summed E-state index contributed by atoms with van der Waals surface area (Å²) in [7, 11) is 1.38. The van der Waals surface area contributed by atoms with E-state index in [1.54, 1.807) is 6.07 Å². The van der Waals surface area contributed by atoms with E-state index in [2.05, 4.69) is 34.8 Å². The lowest BCUT2D eigenvalue weighted by Crippen LogP contribution is -2.56. The predicted octanol–water partition coefficient (Wildman–Crippen LogP) is 3.14. The van der Waals surface area contributed by atoms with Crippen LogP contribution in [0.5, 0.6) is 0 Å². The number of halogens is 1. The fourth-order valence-corrected chi connectivity index (χ4v) is 3.39. The first-order valence-corrected chi connectivity index (χ1v) is 8.22. The number of methoxy groups -OCH3 is 1. The van der Waals surface area contributed by atoms with Crippen LogP contribution in [0.1, 0.15) is 43.0 Å². The lowest BCUT2D eigenvalue weighted by Gasteiger charge is -2.37. The van der Waals surface area contributed by atoms with Gasteiger partial charge in [-0.2, -0.15) is 0 Å². The fourth-order valence-electron chi connectivity index (χ4n) is 2.76. The summed E-state index contributed by atoms with van der Waals surface area (Å²) in [5.41, 5.74) is -0.280. The molecule has 114 valence electrons. The van der Waals surface area contributed by atoms with Gasteiger partial charge in [0.15, 0.2) is 0 Å². The van der Waals surface area contributed by atoms with Crippen LogP contribution in [-0.4, -0.2) is 24.5 Å². The second-order valence-corrected chi connectivity index (χ2v) is 6.85. The Morgan fingerprint density at radius 2 is 1.90 bits per heavy atom. The monoisotopic (exact) mass is 401 g/mol. The number of ether oxygens (including phenoxy) is 1. The summed E-state index contributed by atoms with van der Waals surface area (Å²) < 4.78 is 5.81. The molecule has 0 atom stereocenters. The molecule has 1 amide bonds. The van der Waals surface area contributed by atoms with E-state index >= 15 is 0 Å². The zero-order chi connectivity index (χ0) is 15.5. The molecule has 1 N–H and O–H groups in total. The van der Waals surface area contributed by atoms with Crippen molar-refractivity contribution in [3.63, 3.8) is 0 Å². The first-order valence-electron chi connectivity index (χ1n) is 7.14. The molecule has 2 rings (SSSR count). The number of hydrogen-bond donors (Lipinski definition) is 1. The summed E-state index contributed by atoms with van der Waals surface area (Å²) in [5, 5.41) is 2.94. The van der Waals surface area contributed by atoms with Gasteiger partial charge in [0.25, 0.3) is 5.91 Å². The number of amides is 1. The Balaban J connectivity index is 2.22. The molecule has 0 unspecified atom stereocenters. The molecule has 0 spiro atoms. The van der Waals surface area contributed by atoms with Gasteiger partial charge in [0, 0.05) is 3.57 Å². The molecule has 0 heterocycles. The normalized spacial score (nSPS) is 25.2. The molecule has 21 heavy (non-hydrogen) atoms. The summed E-state index contributed by atoms with van der Waals surface area (Å²) in [6, 6.07) is 7.36. The molecule has 1 aromatic carbocycles. The van der Waals surface area contributed by atoms with Crippen molar-refractivity contribution in [2.75, 3.05) is 7.11 Å². The van der Waals surface area contributed by atoms with Crippen LogP contribution < -0.4 is 5.32 Å². The van der Waals surface area contributed by atoms with Crippen molar-refractivity contribution in [2.45, 2.75) is 38.1 Å². The third-order valence-electron chi connectivity index (χ3n) is 4.18. The van der Waals surface area contributed by atoms with E-state index < -0.39 is 5.54 Å². The van der Waals surface area contributed by atoms with Gasteiger partial charge in [-0.25, -0.2) is 4.79 Å². The van der Waals surface area contributed by atoms with Crippen LogP contribution in [0.3, 0.4) is 0 Å². The standard InChI is InChI=1S/C16H20INO3/c1-11-7-9-16(10-8-11,15(20)21-2)18-14(19)12-5-3-4-6-13(12)17/h3-6,11H,7-10H2,1-2H3,(H,18,19). The largest absolute Gasteiger partial charge is 0.467 e. The highest BCUT2D eigenvalue weighted by molar-refractivity contribution is 14.1. The van der Waals surface area contributed by atoms with Crippen LogP contribution in [0.15, 0.2) is 24.3 Å². The number of hydrogen-bond acceptors (Lipinski definition) is 3. The Hall–Kier alpha value is -1.11. The molecule has 0 aliphatic heterocycles. The zero-order valence-corrected chi connectivity index (χ0v) is 14.5. The summed E-state index contributed by atoms with van der Waals surface area (Å²) in [4.78, 5) is 24.7. The lowest BCUT2D eigenvalue weighted by molar-refractivity contribution is -0.150. The van der Waals surface area contributed by atoms with E-state index in [4.69, 9.17) is 4.74 Å². The van der Waals surface area contributed by atoms with Crippen molar-refractivity contribution < 1.29 is 14.3 Å². The van der Waals surface area contributed by atoms with Crippen molar-refractivity contribution >= 4 is 34.5 Å². The van der Waals surface area contributed by atoms with Gasteiger partial charge in [-0.15, -0.1) is 0 Å². The average molecular weight is 401 g/mol. The quantitative estimate of drug-likeness (QED) is 0.626. The Bertz CT molecular complexity index is 536. The lowest BCUT2D eigenvalue weighted by atomic mass is 9.77. The van der Waals surface area contributed by atoms with E-state index in [0.717, 1.165) is 16.4 Å². The topological polar surface area (TPSA) is 55.4 Å². The van der Waals surface area contributed by atoms with Crippen molar-refractivity contribution in [3.8, 4) is 0 Å². The van der Waals surface area contributed by atoms with E-state index in [9.17, 15) is 9.59 Å². The van der Waals surface area contributed by atoms with E-state index in [-0.39, 0.29) is 11.9 Å². The van der Waals surface area contributed by atoms with E-state index in [0.29, 0.717) is 24.3 Å². The van der Waals surface area contributed by atoms with Crippen molar-refractivity contribution in [2.24, 2.45) is 5.92 Å². The van der Waals surface area contributed by atoms with Crippen LogP contribution >= 0.6 is 22.6 Å². The molecule has 0 saturated heterocycles. The van der Waals surface area contributed by atoms with E-state index in [1.165, 1.54) is 7.11 Å². The molecular formula is C16H20INO3. The molecule has 0 bridgehead atoms. The fraction of sp³-hybridized carbons (Fsp3) is 0.500. The second-order valence-electron chi connectivity index (χ2n) is 5.69. The number of esters is 1. The third-order valence-corrected chi connectivity index (χ3v) is 5.12. The number of benzene rings is 1. The predicted molar refractivity (Wildman–Crippen MR) is 89.0 cm³/mol. The molecule has 4 nitrogen and oxygen atoms in total. The number of carbonyl (C=O) groups is 2. The molecule has 1 aromatic rings. The summed E-state index contributed by atoms with van der Waals surface area (Å²) in [6.07, 6.45) is 3.11. The van der Waals surface area contributed by atoms with Crippen LogP contribution in [0, 0.1) is 9.49 Å². The van der Waals surface area contributed by atoms with E-state index in [1.807, 2.05) is 18.2 Å². The Labute approximate surface area is 138 Å². The number of nitrogens with one attached hydrogen (secondary N) is 1. The van der Waals surface area contributed by atoms with Gasteiger partial charge in [-0.1, -0.05) is 19.1 Å². The van der Waals surface area contributed by atoms with Gasteiger partial charge >= 0.3 is 5.97 Å². The van der Waals surface area contributed by atoms with Gasteiger partial charge in [0.05, 0.1) is 12.7 Å². The molecular weight excluding hydrogens is 381 g/mol. The summed E-state index contributed by atoms with van der Waals surface area (Å²) >= 11 is 2.13. The highest BCUT2D eigenvalue weighted by Gasteiger charge is 2.43. The van der Waals surface area contributed by atoms with Crippen LogP contribution in [0.25, 0.3) is 0 Å². The molecule has 0 radical (unpaired) electrons. The Morgan fingerprint density at radius 1 is 1.29 bits per heavy atom. The maximum atomic E-state index is 12.5. The average Bonchev–Trinajstić information content (AvgIpc) is 2.49. The number of carbonyl (C=O) groups excluding carboxylic acids is 2. The second kappa shape index (κ2) is 6.77.